The molecule has 1 aromatic rings. The van der Waals surface area contributed by atoms with Crippen LogP contribution in [0.25, 0.3) is 0 Å². The summed E-state index contributed by atoms with van der Waals surface area (Å²) in [6.07, 6.45) is 0. The van der Waals surface area contributed by atoms with Gasteiger partial charge in [0.05, 0.1) is 12.6 Å². The molecule has 21 heavy (non-hydrogen) atoms. The number of amides is 1. The molecule has 0 aromatic carbocycles. The third-order valence-corrected chi connectivity index (χ3v) is 3.52. The number of aryl methyl sites for hydroxylation is 3. The average Bonchev–Trinajstić information content (AvgIpc) is 2.37. The standard InChI is InChI=1S/C16H27N3O2/c1-10-9-11(2)18-12(3)15(10)13(4)19-14(5)16(20)17-7-8-21-6/h9,13-14,19H,7-8H2,1-6H3,(H,17,20). The normalized spacial score (nSPS) is 13.8. The van der Waals surface area contributed by atoms with Gasteiger partial charge in [0, 0.05) is 31.1 Å². The van der Waals surface area contributed by atoms with E-state index >= 15 is 0 Å². The SMILES string of the molecule is COCCNC(=O)C(C)NC(C)c1c(C)cc(C)nc1C. The van der Waals surface area contributed by atoms with Crippen LogP contribution in [0, 0.1) is 20.8 Å². The number of methoxy groups -OCH3 is 1. The summed E-state index contributed by atoms with van der Waals surface area (Å²) in [5, 5.41) is 6.17. The van der Waals surface area contributed by atoms with Gasteiger partial charge < -0.3 is 10.1 Å². The first-order chi connectivity index (χ1) is 9.86. The lowest BCUT2D eigenvalue weighted by molar-refractivity contribution is -0.123. The van der Waals surface area contributed by atoms with Crippen LogP contribution < -0.4 is 10.6 Å². The molecule has 0 aliphatic carbocycles. The number of carbonyl (C=O) groups is 1. The Morgan fingerprint density at radius 3 is 2.57 bits per heavy atom. The van der Waals surface area contributed by atoms with Crippen molar-refractivity contribution in [3.8, 4) is 0 Å². The molecule has 0 aliphatic heterocycles. The molecule has 5 nitrogen and oxygen atoms in total. The summed E-state index contributed by atoms with van der Waals surface area (Å²) in [5.41, 5.74) is 4.40. The van der Waals surface area contributed by atoms with Gasteiger partial charge in [-0.2, -0.15) is 0 Å². The smallest absolute Gasteiger partial charge is 0.236 e. The Kier molecular flexibility index (Phi) is 6.78. The van der Waals surface area contributed by atoms with Crippen LogP contribution in [0.4, 0.5) is 0 Å². The molecule has 0 saturated heterocycles. The third-order valence-electron chi connectivity index (χ3n) is 3.52. The number of ether oxygens (including phenoxy) is 1. The highest BCUT2D eigenvalue weighted by Crippen LogP contribution is 2.21. The monoisotopic (exact) mass is 293 g/mol. The van der Waals surface area contributed by atoms with E-state index in [2.05, 4.69) is 35.5 Å². The molecule has 5 heteroatoms. The minimum absolute atomic E-state index is 0.0192. The van der Waals surface area contributed by atoms with Crippen molar-refractivity contribution in [2.24, 2.45) is 0 Å². The highest BCUT2D eigenvalue weighted by molar-refractivity contribution is 5.81. The summed E-state index contributed by atoms with van der Waals surface area (Å²) in [4.78, 5) is 16.5. The Morgan fingerprint density at radius 1 is 1.33 bits per heavy atom. The van der Waals surface area contributed by atoms with E-state index in [1.165, 1.54) is 5.56 Å². The van der Waals surface area contributed by atoms with Gasteiger partial charge in [0.25, 0.3) is 0 Å². The van der Waals surface area contributed by atoms with Crippen LogP contribution in [-0.2, 0) is 9.53 Å². The lowest BCUT2D eigenvalue weighted by Gasteiger charge is -2.23. The van der Waals surface area contributed by atoms with Crippen molar-refractivity contribution < 1.29 is 9.53 Å². The van der Waals surface area contributed by atoms with E-state index in [1.807, 2.05) is 20.8 Å². The molecule has 1 rings (SSSR count). The van der Waals surface area contributed by atoms with Crippen LogP contribution in [0.15, 0.2) is 6.07 Å². The van der Waals surface area contributed by atoms with Crippen LogP contribution in [0.1, 0.15) is 42.4 Å². The molecule has 2 N–H and O–H groups in total. The second-order valence-corrected chi connectivity index (χ2v) is 5.47. The zero-order chi connectivity index (χ0) is 16.0. The van der Waals surface area contributed by atoms with Crippen molar-refractivity contribution in [2.45, 2.75) is 46.7 Å². The number of carbonyl (C=O) groups excluding carboxylic acids is 1. The van der Waals surface area contributed by atoms with E-state index in [0.29, 0.717) is 13.2 Å². The number of hydrogen-bond donors (Lipinski definition) is 2. The third kappa shape index (κ3) is 5.10. The summed E-state index contributed by atoms with van der Waals surface area (Å²) < 4.78 is 4.92. The van der Waals surface area contributed by atoms with Crippen molar-refractivity contribution in [2.75, 3.05) is 20.3 Å². The molecular weight excluding hydrogens is 266 g/mol. The van der Waals surface area contributed by atoms with E-state index in [1.54, 1.807) is 7.11 Å². The Labute approximate surface area is 127 Å². The maximum atomic E-state index is 12.0. The van der Waals surface area contributed by atoms with Crippen molar-refractivity contribution >= 4 is 5.91 Å². The molecule has 1 amide bonds. The highest BCUT2D eigenvalue weighted by atomic mass is 16.5. The minimum Gasteiger partial charge on any atom is -0.383 e. The molecule has 2 unspecified atom stereocenters. The highest BCUT2D eigenvalue weighted by Gasteiger charge is 2.19. The Bertz CT molecular complexity index is 465. The van der Waals surface area contributed by atoms with Crippen LogP contribution >= 0.6 is 0 Å². The topological polar surface area (TPSA) is 63.2 Å². The predicted octanol–water partition coefficient (Wildman–Crippen LogP) is 1.81. The Balaban J connectivity index is 2.68. The van der Waals surface area contributed by atoms with E-state index in [-0.39, 0.29) is 18.0 Å². The maximum absolute atomic E-state index is 12.0. The Morgan fingerprint density at radius 2 is 2.00 bits per heavy atom. The molecule has 1 aromatic heterocycles. The second-order valence-electron chi connectivity index (χ2n) is 5.47. The second kappa shape index (κ2) is 8.10. The molecule has 0 saturated carbocycles. The van der Waals surface area contributed by atoms with Crippen molar-refractivity contribution in [1.82, 2.24) is 15.6 Å². The molecule has 0 aliphatic rings. The van der Waals surface area contributed by atoms with Crippen molar-refractivity contribution in [1.29, 1.82) is 0 Å². The van der Waals surface area contributed by atoms with Gasteiger partial charge in [0.2, 0.25) is 5.91 Å². The number of nitrogens with zero attached hydrogens (tertiary/aromatic N) is 1. The molecule has 2 atom stereocenters. The molecule has 0 spiro atoms. The summed E-state index contributed by atoms with van der Waals surface area (Å²) in [6, 6.07) is 1.88. The molecule has 118 valence electrons. The molecule has 0 bridgehead atoms. The molecule has 0 fully saturated rings. The largest absolute Gasteiger partial charge is 0.383 e. The fourth-order valence-electron chi connectivity index (χ4n) is 2.65. The minimum atomic E-state index is -0.267. The lowest BCUT2D eigenvalue weighted by Crippen LogP contribution is -2.44. The number of nitrogens with one attached hydrogen (secondary N) is 2. The zero-order valence-corrected chi connectivity index (χ0v) is 13.9. The van der Waals surface area contributed by atoms with E-state index in [0.717, 1.165) is 17.0 Å². The van der Waals surface area contributed by atoms with Gasteiger partial charge in [-0.15, -0.1) is 0 Å². The van der Waals surface area contributed by atoms with Crippen molar-refractivity contribution in [3.63, 3.8) is 0 Å². The summed E-state index contributed by atoms with van der Waals surface area (Å²) in [6.45, 7) is 11.1. The van der Waals surface area contributed by atoms with Gasteiger partial charge in [0.1, 0.15) is 0 Å². The quantitative estimate of drug-likeness (QED) is 0.753. The van der Waals surface area contributed by atoms with Gasteiger partial charge in [-0.25, -0.2) is 0 Å². The number of pyridine rings is 1. The maximum Gasteiger partial charge on any atom is 0.236 e. The average molecular weight is 293 g/mol. The number of hydrogen-bond acceptors (Lipinski definition) is 4. The van der Waals surface area contributed by atoms with Crippen LogP contribution in [0.5, 0.6) is 0 Å². The van der Waals surface area contributed by atoms with Crippen LogP contribution in [-0.4, -0.2) is 37.2 Å². The first-order valence-corrected chi connectivity index (χ1v) is 7.34. The van der Waals surface area contributed by atoms with E-state index in [4.69, 9.17) is 4.74 Å². The van der Waals surface area contributed by atoms with E-state index < -0.39 is 0 Å². The molecule has 0 radical (unpaired) electrons. The summed E-state index contributed by atoms with van der Waals surface area (Å²) >= 11 is 0. The van der Waals surface area contributed by atoms with Crippen LogP contribution in [0.3, 0.4) is 0 Å². The zero-order valence-electron chi connectivity index (χ0n) is 13.9. The first-order valence-electron chi connectivity index (χ1n) is 7.34. The predicted molar refractivity (Wildman–Crippen MR) is 84.3 cm³/mol. The fraction of sp³-hybridized carbons (Fsp3) is 0.625. The van der Waals surface area contributed by atoms with Crippen LogP contribution in [0.2, 0.25) is 0 Å². The first kappa shape index (κ1) is 17.6. The Hall–Kier alpha value is -1.46. The number of rotatable bonds is 7. The van der Waals surface area contributed by atoms with E-state index in [9.17, 15) is 4.79 Å². The lowest BCUT2D eigenvalue weighted by atomic mass is 10.00. The molecule has 1 heterocycles. The van der Waals surface area contributed by atoms with Gasteiger partial charge in [-0.3, -0.25) is 15.1 Å². The fourth-order valence-corrected chi connectivity index (χ4v) is 2.65. The number of aromatic nitrogens is 1. The van der Waals surface area contributed by atoms with Gasteiger partial charge in [0.15, 0.2) is 0 Å². The van der Waals surface area contributed by atoms with Gasteiger partial charge >= 0.3 is 0 Å². The van der Waals surface area contributed by atoms with Crippen molar-refractivity contribution in [3.05, 3.63) is 28.6 Å². The summed E-state index contributed by atoms with van der Waals surface area (Å²) in [5.74, 6) is -0.0192. The van der Waals surface area contributed by atoms with Gasteiger partial charge in [-0.1, -0.05) is 0 Å². The van der Waals surface area contributed by atoms with Gasteiger partial charge in [-0.05, 0) is 51.8 Å². The summed E-state index contributed by atoms with van der Waals surface area (Å²) in [7, 11) is 1.62. The molecular formula is C16H27N3O2.